The third-order valence-electron chi connectivity index (χ3n) is 5.64. The Hall–Kier alpha value is -3.33. The van der Waals surface area contributed by atoms with E-state index in [1.165, 1.54) is 45.5 Å². The van der Waals surface area contributed by atoms with Gasteiger partial charge < -0.3 is 0 Å². The first kappa shape index (κ1) is 21.5. The van der Waals surface area contributed by atoms with E-state index in [4.69, 9.17) is 0 Å². The Morgan fingerprint density at radius 3 is 2.36 bits per heavy atom. The Kier molecular flexibility index (Phi) is 5.80. The van der Waals surface area contributed by atoms with Crippen molar-refractivity contribution in [2.45, 2.75) is 17.9 Å². The molecule has 1 aliphatic heterocycles. The van der Waals surface area contributed by atoms with Crippen molar-refractivity contribution in [3.05, 3.63) is 101 Å². The topological polar surface area (TPSA) is 79.4 Å². The number of hydrogen-bond donors (Lipinski definition) is 1. The van der Waals surface area contributed by atoms with Gasteiger partial charge in [-0.25, -0.2) is 13.4 Å². The molecule has 4 aromatic rings. The second-order valence-corrected chi connectivity index (χ2v) is 10.5. The standard InChI is InChI=1S/C25H21N3O3S2/c29-24(27-25-26-23(17-32-25)19-7-2-1-3-8-19)20-10-12-22(13-11-20)33(30,31)28-15-14-18-6-4-5-9-21(18)16-28/h1-13,17H,14-16H2,(H,26,27,29). The third-order valence-corrected chi connectivity index (χ3v) is 8.26. The van der Waals surface area contributed by atoms with Gasteiger partial charge in [0.1, 0.15) is 0 Å². The number of aromatic nitrogens is 1. The van der Waals surface area contributed by atoms with Gasteiger partial charge in [0, 0.05) is 29.6 Å². The van der Waals surface area contributed by atoms with Gasteiger partial charge in [-0.15, -0.1) is 11.3 Å². The van der Waals surface area contributed by atoms with Gasteiger partial charge in [0.25, 0.3) is 5.91 Å². The molecule has 0 saturated heterocycles. The number of fused-ring (bicyclic) bond motifs is 1. The van der Waals surface area contributed by atoms with Crippen LogP contribution < -0.4 is 5.32 Å². The molecule has 3 aromatic carbocycles. The van der Waals surface area contributed by atoms with Crippen LogP contribution in [0, 0.1) is 0 Å². The highest BCUT2D eigenvalue weighted by atomic mass is 32.2. The van der Waals surface area contributed by atoms with Crippen LogP contribution in [0.4, 0.5) is 5.13 Å². The normalized spacial score (nSPS) is 13.9. The molecule has 2 heterocycles. The van der Waals surface area contributed by atoms with Gasteiger partial charge in [0.05, 0.1) is 10.6 Å². The zero-order valence-corrected chi connectivity index (χ0v) is 19.3. The first-order valence-corrected chi connectivity index (χ1v) is 12.8. The number of carbonyl (C=O) groups excluding carboxylic acids is 1. The summed E-state index contributed by atoms with van der Waals surface area (Å²) >= 11 is 1.34. The van der Waals surface area contributed by atoms with Crippen LogP contribution in [0.3, 0.4) is 0 Å². The molecule has 0 atom stereocenters. The number of rotatable bonds is 5. The molecule has 0 radical (unpaired) electrons. The van der Waals surface area contributed by atoms with Crippen LogP contribution in [0.5, 0.6) is 0 Å². The number of amides is 1. The van der Waals surface area contributed by atoms with E-state index in [0.717, 1.165) is 16.8 Å². The summed E-state index contributed by atoms with van der Waals surface area (Å²) in [4.78, 5) is 17.3. The van der Waals surface area contributed by atoms with E-state index in [1.54, 1.807) is 0 Å². The lowest BCUT2D eigenvalue weighted by Gasteiger charge is -2.28. The quantitative estimate of drug-likeness (QED) is 0.449. The van der Waals surface area contributed by atoms with Crippen LogP contribution in [0.25, 0.3) is 11.3 Å². The number of nitrogens with zero attached hydrogens (tertiary/aromatic N) is 2. The molecule has 0 aliphatic carbocycles. The van der Waals surface area contributed by atoms with Crippen LogP contribution in [-0.4, -0.2) is 30.2 Å². The van der Waals surface area contributed by atoms with Crippen molar-refractivity contribution in [3.63, 3.8) is 0 Å². The zero-order valence-electron chi connectivity index (χ0n) is 17.6. The second-order valence-electron chi connectivity index (χ2n) is 7.74. The fourth-order valence-corrected chi connectivity index (χ4v) is 5.98. The van der Waals surface area contributed by atoms with Crippen molar-refractivity contribution < 1.29 is 13.2 Å². The molecule has 0 unspecified atom stereocenters. The van der Waals surface area contributed by atoms with Gasteiger partial charge in [0.2, 0.25) is 10.0 Å². The Balaban J connectivity index is 1.28. The molecule has 1 aliphatic rings. The van der Waals surface area contributed by atoms with E-state index >= 15 is 0 Å². The molecule has 33 heavy (non-hydrogen) atoms. The highest BCUT2D eigenvalue weighted by molar-refractivity contribution is 7.89. The summed E-state index contributed by atoms with van der Waals surface area (Å²) in [6.45, 7) is 0.796. The Morgan fingerprint density at radius 1 is 0.909 bits per heavy atom. The average Bonchev–Trinajstić information content (AvgIpc) is 3.33. The molecule has 1 N–H and O–H groups in total. The number of thiazole rings is 1. The van der Waals surface area contributed by atoms with E-state index in [9.17, 15) is 13.2 Å². The molecular weight excluding hydrogens is 454 g/mol. The maximum absolute atomic E-state index is 13.1. The van der Waals surface area contributed by atoms with Crippen LogP contribution in [-0.2, 0) is 23.0 Å². The van der Waals surface area contributed by atoms with Crippen molar-refractivity contribution in [2.75, 3.05) is 11.9 Å². The summed E-state index contributed by atoms with van der Waals surface area (Å²) in [7, 11) is -3.64. The summed E-state index contributed by atoms with van der Waals surface area (Å²) in [6.07, 6.45) is 0.689. The van der Waals surface area contributed by atoms with E-state index in [0.29, 0.717) is 30.2 Å². The number of benzene rings is 3. The fourth-order valence-electron chi connectivity index (χ4n) is 3.84. The van der Waals surface area contributed by atoms with E-state index in [2.05, 4.69) is 10.3 Å². The van der Waals surface area contributed by atoms with Gasteiger partial charge in [-0.1, -0.05) is 54.6 Å². The van der Waals surface area contributed by atoms with Crippen molar-refractivity contribution in [1.82, 2.24) is 9.29 Å². The number of hydrogen-bond acceptors (Lipinski definition) is 5. The minimum Gasteiger partial charge on any atom is -0.298 e. The molecule has 166 valence electrons. The highest BCUT2D eigenvalue weighted by Gasteiger charge is 2.28. The first-order valence-electron chi connectivity index (χ1n) is 10.5. The summed E-state index contributed by atoms with van der Waals surface area (Å²) in [6, 6.07) is 23.7. The Bertz CT molecular complexity index is 1400. The van der Waals surface area contributed by atoms with Crippen LogP contribution in [0.15, 0.2) is 89.1 Å². The summed E-state index contributed by atoms with van der Waals surface area (Å²) in [5.74, 6) is -0.334. The highest BCUT2D eigenvalue weighted by Crippen LogP contribution is 2.27. The smallest absolute Gasteiger partial charge is 0.257 e. The maximum atomic E-state index is 13.1. The first-order chi connectivity index (χ1) is 16.0. The molecule has 1 amide bonds. The number of carbonyl (C=O) groups is 1. The fraction of sp³-hybridized carbons (Fsp3) is 0.120. The van der Waals surface area contributed by atoms with Crippen molar-refractivity contribution in [2.24, 2.45) is 0 Å². The summed E-state index contributed by atoms with van der Waals surface area (Å²) in [5, 5.41) is 5.16. The molecule has 6 nitrogen and oxygen atoms in total. The molecule has 0 bridgehead atoms. The lowest BCUT2D eigenvalue weighted by molar-refractivity contribution is 0.102. The van der Waals surface area contributed by atoms with Gasteiger partial charge in [-0.3, -0.25) is 10.1 Å². The van der Waals surface area contributed by atoms with Gasteiger partial charge >= 0.3 is 0 Å². The van der Waals surface area contributed by atoms with Crippen molar-refractivity contribution in [3.8, 4) is 11.3 Å². The van der Waals surface area contributed by atoms with Gasteiger partial charge in [-0.05, 0) is 41.8 Å². The summed E-state index contributed by atoms with van der Waals surface area (Å²) in [5.41, 5.74) is 4.36. The number of nitrogens with one attached hydrogen (secondary N) is 1. The largest absolute Gasteiger partial charge is 0.298 e. The lowest BCUT2D eigenvalue weighted by Crippen LogP contribution is -2.35. The van der Waals surface area contributed by atoms with Crippen LogP contribution in [0.2, 0.25) is 0 Å². The molecule has 5 rings (SSSR count). The predicted molar refractivity (Wildman–Crippen MR) is 130 cm³/mol. The van der Waals surface area contributed by atoms with Crippen molar-refractivity contribution >= 4 is 32.4 Å². The minimum absolute atomic E-state index is 0.180. The van der Waals surface area contributed by atoms with Crippen LogP contribution in [0.1, 0.15) is 21.5 Å². The van der Waals surface area contributed by atoms with E-state index in [-0.39, 0.29) is 10.8 Å². The summed E-state index contributed by atoms with van der Waals surface area (Å²) < 4.78 is 27.7. The predicted octanol–water partition coefficient (Wildman–Crippen LogP) is 4.81. The molecule has 0 fully saturated rings. The maximum Gasteiger partial charge on any atom is 0.257 e. The molecule has 8 heteroatoms. The number of sulfonamides is 1. The van der Waals surface area contributed by atoms with Crippen molar-refractivity contribution in [1.29, 1.82) is 0 Å². The Labute approximate surface area is 196 Å². The monoisotopic (exact) mass is 475 g/mol. The van der Waals surface area contributed by atoms with E-state index in [1.807, 2.05) is 60.0 Å². The molecule has 0 spiro atoms. The second kappa shape index (κ2) is 8.90. The van der Waals surface area contributed by atoms with Gasteiger partial charge in [-0.2, -0.15) is 4.31 Å². The SMILES string of the molecule is O=C(Nc1nc(-c2ccccc2)cs1)c1ccc(S(=O)(=O)N2CCc3ccccc3C2)cc1. The third kappa shape index (κ3) is 4.45. The minimum atomic E-state index is -3.64. The number of anilines is 1. The van der Waals surface area contributed by atoms with Gasteiger partial charge in [0.15, 0.2) is 5.13 Å². The van der Waals surface area contributed by atoms with E-state index < -0.39 is 10.0 Å². The molecular formula is C25H21N3O3S2. The Morgan fingerprint density at radius 2 is 1.61 bits per heavy atom. The molecule has 0 saturated carbocycles. The lowest BCUT2D eigenvalue weighted by atomic mass is 10.0. The zero-order chi connectivity index (χ0) is 22.8. The van der Waals surface area contributed by atoms with Crippen LogP contribution >= 0.6 is 11.3 Å². The molecule has 1 aromatic heterocycles. The average molecular weight is 476 g/mol.